The summed E-state index contributed by atoms with van der Waals surface area (Å²) >= 11 is 0. The lowest BCUT2D eigenvalue weighted by Gasteiger charge is -2.35. The Kier molecular flexibility index (Phi) is 11.4. The van der Waals surface area contributed by atoms with Crippen molar-refractivity contribution in [3.05, 3.63) is 0 Å². The van der Waals surface area contributed by atoms with E-state index in [4.69, 9.17) is 0 Å². The molecule has 0 saturated carbocycles. The van der Waals surface area contributed by atoms with E-state index in [0.29, 0.717) is 18.0 Å². The highest BCUT2D eigenvalue weighted by atomic mass is 16.2. The molecule has 0 radical (unpaired) electrons. The van der Waals surface area contributed by atoms with E-state index < -0.39 is 0 Å². The highest BCUT2D eigenvalue weighted by Gasteiger charge is 2.21. The van der Waals surface area contributed by atoms with Crippen molar-refractivity contribution in [2.24, 2.45) is 10.9 Å². The summed E-state index contributed by atoms with van der Waals surface area (Å²) in [6.07, 6.45) is 7.16. The van der Waals surface area contributed by atoms with Gasteiger partial charge in [-0.3, -0.25) is 4.79 Å². The molecular formula is C21H43N5O. The molecule has 1 amide bonds. The molecule has 1 rings (SSSR count). The molecule has 0 aromatic carbocycles. The number of aliphatic imine (C=N–C) groups is 1. The predicted molar refractivity (Wildman–Crippen MR) is 115 cm³/mol. The lowest BCUT2D eigenvalue weighted by molar-refractivity contribution is -0.127. The number of piperidine rings is 1. The van der Waals surface area contributed by atoms with Crippen molar-refractivity contribution in [3.63, 3.8) is 0 Å². The summed E-state index contributed by atoms with van der Waals surface area (Å²) in [6, 6.07) is 1.04. The number of likely N-dealkylation sites (N-methyl/N-ethyl adjacent to an activating group) is 1. The molecule has 6 heteroatoms. The Hall–Kier alpha value is -1.30. The van der Waals surface area contributed by atoms with Crippen LogP contribution < -0.4 is 10.6 Å². The fraction of sp³-hybridized carbons (Fsp3) is 0.905. The first kappa shape index (κ1) is 23.7. The van der Waals surface area contributed by atoms with Crippen molar-refractivity contribution in [3.8, 4) is 0 Å². The Labute approximate surface area is 167 Å². The van der Waals surface area contributed by atoms with E-state index in [1.165, 1.54) is 25.7 Å². The molecule has 27 heavy (non-hydrogen) atoms. The number of amides is 1. The predicted octanol–water partition coefficient (Wildman–Crippen LogP) is 2.70. The zero-order valence-electron chi connectivity index (χ0n) is 18.6. The van der Waals surface area contributed by atoms with Crippen LogP contribution in [0.1, 0.15) is 66.2 Å². The van der Waals surface area contributed by atoms with Gasteiger partial charge in [-0.1, -0.05) is 33.1 Å². The van der Waals surface area contributed by atoms with Crippen LogP contribution in [0.4, 0.5) is 0 Å². The molecule has 0 bridgehead atoms. The highest BCUT2D eigenvalue weighted by molar-refractivity contribution is 5.84. The molecule has 0 aromatic heterocycles. The third-order valence-corrected chi connectivity index (χ3v) is 5.57. The van der Waals surface area contributed by atoms with Gasteiger partial charge in [-0.25, -0.2) is 4.99 Å². The van der Waals surface area contributed by atoms with Gasteiger partial charge >= 0.3 is 0 Å². The lowest BCUT2D eigenvalue weighted by Crippen LogP contribution is -2.50. The molecule has 0 aliphatic carbocycles. The van der Waals surface area contributed by atoms with Crippen molar-refractivity contribution in [2.45, 2.75) is 78.3 Å². The van der Waals surface area contributed by atoms with E-state index in [9.17, 15) is 4.79 Å². The minimum atomic E-state index is 0.0313. The summed E-state index contributed by atoms with van der Waals surface area (Å²) < 4.78 is 0. The van der Waals surface area contributed by atoms with Crippen LogP contribution in [-0.2, 0) is 4.79 Å². The fourth-order valence-electron chi connectivity index (χ4n) is 3.38. The summed E-state index contributed by atoms with van der Waals surface area (Å²) in [7, 11) is 3.55. The average molecular weight is 382 g/mol. The number of nitrogens with one attached hydrogen (secondary N) is 2. The quantitative estimate of drug-likeness (QED) is 0.451. The van der Waals surface area contributed by atoms with Gasteiger partial charge in [0.25, 0.3) is 0 Å². The van der Waals surface area contributed by atoms with Gasteiger partial charge in [-0.2, -0.15) is 0 Å². The molecule has 1 aliphatic rings. The maximum atomic E-state index is 11.9. The number of hydrogen-bond donors (Lipinski definition) is 2. The Bertz CT molecular complexity index is 442. The molecule has 1 unspecified atom stereocenters. The molecule has 2 N–H and O–H groups in total. The van der Waals surface area contributed by atoms with Crippen LogP contribution in [0.15, 0.2) is 4.99 Å². The number of nitrogens with zero attached hydrogens (tertiary/aromatic N) is 3. The number of likely N-dealkylation sites (tertiary alicyclic amines) is 1. The Morgan fingerprint density at radius 1 is 1.22 bits per heavy atom. The molecule has 0 aromatic rings. The number of rotatable bonds is 10. The molecule has 1 saturated heterocycles. The van der Waals surface area contributed by atoms with Crippen LogP contribution in [0.25, 0.3) is 0 Å². The average Bonchev–Trinajstić information content (AvgIpc) is 2.65. The van der Waals surface area contributed by atoms with Crippen molar-refractivity contribution < 1.29 is 4.79 Å². The zero-order chi connectivity index (χ0) is 20.2. The summed E-state index contributed by atoms with van der Waals surface area (Å²) in [5.41, 5.74) is 0. The molecular weight excluding hydrogens is 338 g/mol. The van der Waals surface area contributed by atoms with E-state index >= 15 is 0 Å². The fourth-order valence-corrected chi connectivity index (χ4v) is 3.38. The Morgan fingerprint density at radius 3 is 2.41 bits per heavy atom. The molecule has 1 atom stereocenters. The molecule has 1 fully saturated rings. The standard InChI is InChI=1S/C21H43N5O/c1-7-9-10-18(8-2)15-22-21(23-16-20(27)25(5)6)24-19-11-13-26(14-12-19)17(3)4/h17-19H,7-16H2,1-6H3,(H2,22,23,24). The van der Waals surface area contributed by atoms with Crippen molar-refractivity contribution in [1.82, 2.24) is 20.4 Å². The van der Waals surface area contributed by atoms with Crippen LogP contribution in [0.5, 0.6) is 0 Å². The molecule has 1 heterocycles. The Balaban J connectivity index is 2.62. The topological polar surface area (TPSA) is 60.0 Å². The first-order valence-corrected chi connectivity index (χ1v) is 10.9. The van der Waals surface area contributed by atoms with Gasteiger partial charge in [-0.05, 0) is 39.0 Å². The third kappa shape index (κ3) is 9.45. The number of hydrogen-bond acceptors (Lipinski definition) is 3. The molecule has 1 aliphatic heterocycles. The first-order chi connectivity index (χ1) is 12.9. The largest absolute Gasteiger partial charge is 0.356 e. The number of guanidine groups is 1. The first-order valence-electron chi connectivity index (χ1n) is 10.9. The van der Waals surface area contributed by atoms with Gasteiger partial charge in [0.1, 0.15) is 6.54 Å². The highest BCUT2D eigenvalue weighted by Crippen LogP contribution is 2.13. The van der Waals surface area contributed by atoms with E-state index in [1.807, 2.05) is 0 Å². The van der Waals surface area contributed by atoms with Gasteiger partial charge in [0.15, 0.2) is 5.96 Å². The van der Waals surface area contributed by atoms with Gasteiger partial charge in [0.05, 0.1) is 0 Å². The smallest absolute Gasteiger partial charge is 0.243 e. The van der Waals surface area contributed by atoms with Crippen LogP contribution in [0.2, 0.25) is 0 Å². The van der Waals surface area contributed by atoms with Crippen molar-refractivity contribution >= 4 is 11.9 Å². The summed E-state index contributed by atoms with van der Waals surface area (Å²) in [5.74, 6) is 1.48. The number of carbonyl (C=O) groups excluding carboxylic acids is 1. The number of unbranched alkanes of at least 4 members (excludes halogenated alkanes) is 1. The second-order valence-corrected chi connectivity index (χ2v) is 8.30. The van der Waals surface area contributed by atoms with Crippen LogP contribution >= 0.6 is 0 Å². The van der Waals surface area contributed by atoms with E-state index in [1.54, 1.807) is 19.0 Å². The van der Waals surface area contributed by atoms with Gasteiger partial charge in [0.2, 0.25) is 5.91 Å². The molecule has 0 spiro atoms. The second kappa shape index (κ2) is 13.0. The minimum absolute atomic E-state index is 0.0313. The van der Waals surface area contributed by atoms with Crippen LogP contribution in [0.3, 0.4) is 0 Å². The maximum absolute atomic E-state index is 11.9. The minimum Gasteiger partial charge on any atom is -0.356 e. The van der Waals surface area contributed by atoms with Crippen molar-refractivity contribution in [1.29, 1.82) is 0 Å². The third-order valence-electron chi connectivity index (χ3n) is 5.57. The monoisotopic (exact) mass is 381 g/mol. The lowest BCUT2D eigenvalue weighted by atomic mass is 9.99. The summed E-state index contributed by atoms with van der Waals surface area (Å²) in [5, 5.41) is 7.10. The summed E-state index contributed by atoms with van der Waals surface area (Å²) in [4.78, 5) is 20.6. The van der Waals surface area contributed by atoms with Gasteiger partial charge < -0.3 is 20.4 Å². The van der Waals surface area contributed by atoms with E-state index in [-0.39, 0.29) is 12.5 Å². The normalized spacial score (nSPS) is 17.8. The second-order valence-electron chi connectivity index (χ2n) is 8.30. The SMILES string of the molecule is CCCCC(CC)CNC(=NCC(=O)N(C)C)NC1CCN(C(C)C)CC1. The van der Waals surface area contributed by atoms with Crippen LogP contribution in [0, 0.1) is 5.92 Å². The molecule has 158 valence electrons. The zero-order valence-corrected chi connectivity index (χ0v) is 18.6. The maximum Gasteiger partial charge on any atom is 0.243 e. The number of carbonyl (C=O) groups is 1. The van der Waals surface area contributed by atoms with E-state index in [0.717, 1.165) is 38.4 Å². The van der Waals surface area contributed by atoms with Crippen LogP contribution in [-0.4, -0.2) is 74.0 Å². The van der Waals surface area contributed by atoms with Crippen molar-refractivity contribution in [2.75, 3.05) is 40.3 Å². The Morgan fingerprint density at radius 2 is 1.89 bits per heavy atom. The van der Waals surface area contributed by atoms with Gasteiger partial charge in [-0.15, -0.1) is 0 Å². The van der Waals surface area contributed by atoms with Gasteiger partial charge in [0, 0.05) is 45.8 Å². The van der Waals surface area contributed by atoms with E-state index in [2.05, 4.69) is 48.2 Å². The molecule has 6 nitrogen and oxygen atoms in total. The summed E-state index contributed by atoms with van der Waals surface area (Å²) in [6.45, 7) is 12.4.